The summed E-state index contributed by atoms with van der Waals surface area (Å²) in [6.45, 7) is 4.14. The van der Waals surface area contributed by atoms with Crippen LogP contribution in [0.3, 0.4) is 0 Å². The van der Waals surface area contributed by atoms with Crippen LogP contribution in [0.2, 0.25) is 0 Å². The van der Waals surface area contributed by atoms with Gasteiger partial charge in [-0.25, -0.2) is 0 Å². The number of nitrogens with zero attached hydrogens (tertiary/aromatic N) is 2. The van der Waals surface area contributed by atoms with E-state index in [9.17, 15) is 4.79 Å². The minimum absolute atomic E-state index is 0.252. The molecule has 4 aliphatic rings. The first-order chi connectivity index (χ1) is 14.5. The third-order valence-electron chi connectivity index (χ3n) is 7.92. The molecule has 1 aromatic carbocycles. The van der Waals surface area contributed by atoms with Crippen LogP contribution in [0, 0.1) is 11.3 Å². The van der Waals surface area contributed by atoms with Gasteiger partial charge in [0.05, 0.1) is 13.7 Å². The predicted molar refractivity (Wildman–Crippen MR) is 119 cm³/mol. The van der Waals surface area contributed by atoms with Crippen LogP contribution < -0.4 is 4.74 Å². The molecular formula is C25H38N2O3. The number of likely N-dealkylation sites (tertiary alicyclic amines) is 1. The number of benzene rings is 1. The smallest absolute Gasteiger partial charge is 0.133 e. The Morgan fingerprint density at radius 3 is 2.70 bits per heavy atom. The molecule has 0 amide bonds. The Morgan fingerprint density at radius 1 is 1.27 bits per heavy atom. The highest BCUT2D eigenvalue weighted by Gasteiger charge is 2.65. The number of methoxy groups -OCH3 is 2. The Bertz CT molecular complexity index is 765. The highest BCUT2D eigenvalue weighted by Crippen LogP contribution is 2.65. The van der Waals surface area contributed by atoms with Gasteiger partial charge in [-0.05, 0) is 86.7 Å². The van der Waals surface area contributed by atoms with E-state index in [4.69, 9.17) is 4.74 Å². The minimum Gasteiger partial charge on any atom is -0.497 e. The Kier molecular flexibility index (Phi) is 6.25. The van der Waals surface area contributed by atoms with Crippen molar-refractivity contribution in [2.75, 3.05) is 54.6 Å². The maximum atomic E-state index is 10.9. The number of rotatable bonds is 8. The van der Waals surface area contributed by atoms with Crippen molar-refractivity contribution in [3.8, 4) is 5.75 Å². The first-order valence-electron chi connectivity index (χ1n) is 11.4. The topological polar surface area (TPSA) is 42.0 Å². The maximum absolute atomic E-state index is 10.9. The van der Waals surface area contributed by atoms with Gasteiger partial charge in [-0.3, -0.25) is 9.80 Å². The molecule has 3 unspecified atom stereocenters. The summed E-state index contributed by atoms with van der Waals surface area (Å²) in [5, 5.41) is 0. The summed E-state index contributed by atoms with van der Waals surface area (Å²) in [6.07, 6.45) is 8.89. The highest BCUT2D eigenvalue weighted by atomic mass is 16.5. The number of ether oxygens (including phenoxy) is 2. The predicted octanol–water partition coefficient (Wildman–Crippen LogP) is 3.15. The summed E-state index contributed by atoms with van der Waals surface area (Å²) in [5.74, 6) is 1.96. The molecule has 0 aromatic heterocycles. The van der Waals surface area contributed by atoms with Crippen LogP contribution in [-0.2, 0) is 21.4 Å². The van der Waals surface area contributed by atoms with E-state index in [1.165, 1.54) is 50.8 Å². The first-order valence-corrected chi connectivity index (χ1v) is 11.4. The summed E-state index contributed by atoms with van der Waals surface area (Å²) in [4.78, 5) is 15.9. The minimum atomic E-state index is 0.252. The van der Waals surface area contributed by atoms with Crippen molar-refractivity contribution in [1.29, 1.82) is 0 Å². The molecule has 1 spiro atoms. The number of hydrogen-bond acceptors (Lipinski definition) is 5. The third-order valence-corrected chi connectivity index (χ3v) is 7.92. The average molecular weight is 415 g/mol. The van der Waals surface area contributed by atoms with Crippen molar-refractivity contribution < 1.29 is 14.3 Å². The number of fused-ring (bicyclic) bond motifs is 3. The Labute approximate surface area is 181 Å². The molecule has 5 nitrogen and oxygen atoms in total. The molecule has 3 aliphatic carbocycles. The summed E-state index contributed by atoms with van der Waals surface area (Å²) < 4.78 is 9.83. The molecule has 0 N–H and O–H groups in total. The molecule has 3 atom stereocenters. The summed E-state index contributed by atoms with van der Waals surface area (Å²) in [7, 11) is 7.09. The van der Waals surface area contributed by atoms with Gasteiger partial charge in [-0.15, -0.1) is 0 Å². The quantitative estimate of drug-likeness (QED) is 0.612. The van der Waals surface area contributed by atoms with Gasteiger partial charge in [0.1, 0.15) is 12.0 Å². The molecule has 5 rings (SSSR count). The Balaban J connectivity index is 0.000000687. The standard InChI is InChI=1S/C23H32N2O2.C2H6O/c1-24(9-10-26)8-7-22-13-21-23(15-22,16-25(21)14-17-3-4-17)12-18-5-6-19(27-2)11-20(18)22;1-3-2/h5-6,10-11,17,21H,3-4,7-9,12-16H2,1-2H3;1-2H3. The second kappa shape index (κ2) is 8.60. The Morgan fingerprint density at radius 2 is 2.03 bits per heavy atom. The van der Waals surface area contributed by atoms with Crippen LogP contribution in [0.25, 0.3) is 0 Å². The van der Waals surface area contributed by atoms with E-state index >= 15 is 0 Å². The number of aldehydes is 1. The van der Waals surface area contributed by atoms with Crippen LogP contribution in [0.5, 0.6) is 5.75 Å². The lowest BCUT2D eigenvalue weighted by Crippen LogP contribution is -2.63. The van der Waals surface area contributed by atoms with Gasteiger partial charge in [-0.2, -0.15) is 0 Å². The third kappa shape index (κ3) is 3.92. The van der Waals surface area contributed by atoms with E-state index in [2.05, 4.69) is 39.8 Å². The maximum Gasteiger partial charge on any atom is 0.133 e. The molecular weight excluding hydrogens is 376 g/mol. The van der Waals surface area contributed by atoms with E-state index in [1.807, 2.05) is 0 Å². The molecule has 1 aliphatic heterocycles. The number of carbonyl (C=O) groups is 1. The molecule has 0 radical (unpaired) electrons. The molecule has 30 heavy (non-hydrogen) atoms. The molecule has 166 valence electrons. The molecule has 1 aromatic rings. The van der Waals surface area contributed by atoms with Crippen LogP contribution >= 0.6 is 0 Å². The van der Waals surface area contributed by atoms with Gasteiger partial charge in [0.25, 0.3) is 0 Å². The van der Waals surface area contributed by atoms with E-state index in [1.54, 1.807) is 26.9 Å². The van der Waals surface area contributed by atoms with Crippen LogP contribution in [0.15, 0.2) is 18.2 Å². The van der Waals surface area contributed by atoms with Gasteiger partial charge in [0.15, 0.2) is 0 Å². The molecule has 2 saturated carbocycles. The number of carbonyl (C=O) groups excluding carboxylic acids is 1. The van der Waals surface area contributed by atoms with Crippen molar-refractivity contribution in [2.24, 2.45) is 11.3 Å². The monoisotopic (exact) mass is 414 g/mol. The number of hydrogen-bond donors (Lipinski definition) is 0. The van der Waals surface area contributed by atoms with Crippen LogP contribution in [0.1, 0.15) is 43.2 Å². The van der Waals surface area contributed by atoms with Crippen molar-refractivity contribution >= 4 is 6.29 Å². The largest absolute Gasteiger partial charge is 0.497 e. The van der Waals surface area contributed by atoms with Crippen LogP contribution in [0.4, 0.5) is 0 Å². The highest BCUT2D eigenvalue weighted by molar-refractivity contribution is 5.52. The zero-order chi connectivity index (χ0) is 21.4. The average Bonchev–Trinajstić information content (AvgIpc) is 3.52. The molecule has 3 fully saturated rings. The molecule has 2 bridgehead atoms. The SMILES string of the molecule is COC.COc1ccc2c(c1)C1(CCN(C)CC=O)CC3N(CC4CC4)CC3(C2)C1. The van der Waals surface area contributed by atoms with Gasteiger partial charge < -0.3 is 14.3 Å². The fraction of sp³-hybridized carbons (Fsp3) is 0.720. The molecule has 1 heterocycles. The van der Waals surface area contributed by atoms with Crippen molar-refractivity contribution in [3.05, 3.63) is 29.3 Å². The normalized spacial score (nSPS) is 31.3. The fourth-order valence-electron chi connectivity index (χ4n) is 6.45. The lowest BCUT2D eigenvalue weighted by Gasteiger charge is -2.56. The second-order valence-electron chi connectivity index (χ2n) is 10.2. The molecule has 1 saturated heterocycles. The summed E-state index contributed by atoms with van der Waals surface area (Å²) in [5.41, 5.74) is 3.84. The summed E-state index contributed by atoms with van der Waals surface area (Å²) >= 11 is 0. The molecule has 5 heteroatoms. The van der Waals surface area contributed by atoms with Gasteiger partial charge in [0, 0.05) is 38.8 Å². The van der Waals surface area contributed by atoms with E-state index in [-0.39, 0.29) is 5.41 Å². The first kappa shape index (κ1) is 21.8. The second-order valence-corrected chi connectivity index (χ2v) is 10.2. The summed E-state index contributed by atoms with van der Waals surface area (Å²) in [6, 6.07) is 7.54. The van der Waals surface area contributed by atoms with E-state index in [0.29, 0.717) is 12.0 Å². The van der Waals surface area contributed by atoms with Gasteiger partial charge in [0.2, 0.25) is 0 Å². The van der Waals surface area contributed by atoms with Gasteiger partial charge in [-0.1, -0.05) is 6.07 Å². The van der Waals surface area contributed by atoms with Crippen LogP contribution in [-0.4, -0.2) is 76.7 Å². The zero-order valence-corrected chi connectivity index (χ0v) is 19.2. The van der Waals surface area contributed by atoms with Crippen molar-refractivity contribution in [1.82, 2.24) is 9.80 Å². The lowest BCUT2D eigenvalue weighted by atomic mass is 9.62. The van der Waals surface area contributed by atoms with Gasteiger partial charge >= 0.3 is 0 Å². The Hall–Kier alpha value is -1.43. The van der Waals surface area contributed by atoms with Crippen molar-refractivity contribution in [3.63, 3.8) is 0 Å². The van der Waals surface area contributed by atoms with E-state index in [0.717, 1.165) is 37.0 Å². The van der Waals surface area contributed by atoms with Crippen molar-refractivity contribution in [2.45, 2.75) is 50.0 Å². The fourth-order valence-corrected chi connectivity index (χ4v) is 6.45. The lowest BCUT2D eigenvalue weighted by molar-refractivity contribution is -0.108. The zero-order valence-electron chi connectivity index (χ0n) is 19.2. The number of likely N-dealkylation sites (N-methyl/N-ethyl adjacent to an activating group) is 1. The van der Waals surface area contributed by atoms with E-state index < -0.39 is 0 Å².